The Labute approximate surface area is 146 Å². The number of rotatable bonds is 10. The smallest absolute Gasteiger partial charge is 0.276 e. The van der Waals surface area contributed by atoms with Crippen molar-refractivity contribution in [3.8, 4) is 23.0 Å². The molecule has 1 aromatic carbocycles. The van der Waals surface area contributed by atoms with Crippen LogP contribution in [0.15, 0.2) is 27.8 Å². The summed E-state index contributed by atoms with van der Waals surface area (Å²) in [6, 6.07) is 5.46. The molecule has 6 nitrogen and oxygen atoms in total. The number of ether oxygens (including phenoxy) is 3. The second kappa shape index (κ2) is 9.54. The van der Waals surface area contributed by atoms with Crippen molar-refractivity contribution < 1.29 is 18.6 Å². The minimum Gasteiger partial charge on any atom is -0.497 e. The summed E-state index contributed by atoms with van der Waals surface area (Å²) in [6.45, 7) is 5.83. The van der Waals surface area contributed by atoms with E-state index < -0.39 is 0 Å². The Bertz CT molecular complexity index is 609. The van der Waals surface area contributed by atoms with Gasteiger partial charge in [-0.1, -0.05) is 25.6 Å². The molecule has 0 fully saturated rings. The zero-order valence-electron chi connectivity index (χ0n) is 14.6. The lowest BCUT2D eigenvalue weighted by Gasteiger charge is -2.06. The van der Waals surface area contributed by atoms with Crippen molar-refractivity contribution >= 4 is 11.8 Å². The van der Waals surface area contributed by atoms with Gasteiger partial charge in [0.2, 0.25) is 5.89 Å². The van der Waals surface area contributed by atoms with Gasteiger partial charge in [0, 0.05) is 24.0 Å². The Morgan fingerprint density at radius 2 is 1.75 bits per heavy atom. The van der Waals surface area contributed by atoms with Gasteiger partial charge in [-0.3, -0.25) is 0 Å². The molecule has 7 heteroatoms. The minimum atomic E-state index is 0.440. The summed E-state index contributed by atoms with van der Waals surface area (Å²) < 4.78 is 21.8. The third-order valence-corrected chi connectivity index (χ3v) is 4.08. The Balaban J connectivity index is 1.89. The molecule has 1 heterocycles. The Kier molecular flexibility index (Phi) is 7.39. The SMILES string of the molecule is COc1cc(OC)cc(-c2nnc(SCCOCCC(C)C)o2)c1. The van der Waals surface area contributed by atoms with E-state index in [9.17, 15) is 0 Å². The maximum absolute atomic E-state index is 5.69. The molecule has 0 N–H and O–H groups in total. The van der Waals surface area contributed by atoms with Crippen LogP contribution in [0.5, 0.6) is 11.5 Å². The summed E-state index contributed by atoms with van der Waals surface area (Å²) in [6.07, 6.45) is 1.08. The van der Waals surface area contributed by atoms with Crippen LogP contribution in [-0.2, 0) is 4.74 Å². The van der Waals surface area contributed by atoms with Gasteiger partial charge in [-0.2, -0.15) is 0 Å². The summed E-state index contributed by atoms with van der Waals surface area (Å²) in [7, 11) is 3.21. The molecular weight excluding hydrogens is 328 g/mol. The number of benzene rings is 1. The molecule has 0 atom stereocenters. The number of hydrogen-bond donors (Lipinski definition) is 0. The maximum atomic E-state index is 5.69. The van der Waals surface area contributed by atoms with E-state index in [1.54, 1.807) is 20.3 Å². The molecule has 1 aromatic heterocycles. The average Bonchev–Trinajstić information content (AvgIpc) is 3.06. The van der Waals surface area contributed by atoms with E-state index in [2.05, 4.69) is 24.0 Å². The summed E-state index contributed by atoms with van der Waals surface area (Å²) in [5, 5.41) is 8.67. The van der Waals surface area contributed by atoms with Gasteiger partial charge >= 0.3 is 0 Å². The molecular formula is C17H24N2O4S. The van der Waals surface area contributed by atoms with Crippen LogP contribution in [0, 0.1) is 5.92 Å². The van der Waals surface area contributed by atoms with Gasteiger partial charge in [0.15, 0.2) is 0 Å². The lowest BCUT2D eigenvalue weighted by atomic mass is 10.1. The second-order valence-electron chi connectivity index (χ2n) is 5.62. The molecule has 0 saturated heterocycles. The van der Waals surface area contributed by atoms with Gasteiger partial charge in [-0.25, -0.2) is 0 Å². The normalized spacial score (nSPS) is 11.0. The van der Waals surface area contributed by atoms with Crippen LogP contribution < -0.4 is 9.47 Å². The predicted molar refractivity (Wildman–Crippen MR) is 93.8 cm³/mol. The van der Waals surface area contributed by atoms with Gasteiger partial charge in [-0.15, -0.1) is 10.2 Å². The van der Waals surface area contributed by atoms with E-state index >= 15 is 0 Å². The standard InChI is InChI=1S/C17H24N2O4S/c1-12(2)5-6-22-7-8-24-17-19-18-16(23-17)13-9-14(20-3)11-15(10-13)21-4/h9-12H,5-8H2,1-4H3. The van der Waals surface area contributed by atoms with Gasteiger partial charge in [-0.05, 0) is 24.5 Å². The maximum Gasteiger partial charge on any atom is 0.276 e. The molecule has 132 valence electrons. The fraction of sp³-hybridized carbons (Fsp3) is 0.529. The summed E-state index contributed by atoms with van der Waals surface area (Å²) in [5.74, 6) is 3.23. The third kappa shape index (κ3) is 5.72. The quantitative estimate of drug-likeness (QED) is 0.474. The number of hydrogen-bond acceptors (Lipinski definition) is 7. The number of aromatic nitrogens is 2. The zero-order valence-corrected chi connectivity index (χ0v) is 15.4. The van der Waals surface area contributed by atoms with E-state index in [0.29, 0.717) is 35.1 Å². The van der Waals surface area contributed by atoms with Crippen molar-refractivity contribution in [2.45, 2.75) is 25.5 Å². The summed E-state index contributed by atoms with van der Waals surface area (Å²) >= 11 is 1.49. The molecule has 0 aliphatic rings. The molecule has 24 heavy (non-hydrogen) atoms. The fourth-order valence-electron chi connectivity index (χ4n) is 1.92. The highest BCUT2D eigenvalue weighted by atomic mass is 32.2. The van der Waals surface area contributed by atoms with Crippen LogP contribution in [0.4, 0.5) is 0 Å². The molecule has 0 bridgehead atoms. The highest BCUT2D eigenvalue weighted by Gasteiger charge is 2.12. The second-order valence-corrected chi connectivity index (χ2v) is 6.66. The van der Waals surface area contributed by atoms with Crippen molar-refractivity contribution in [1.82, 2.24) is 10.2 Å². The fourth-order valence-corrected chi connectivity index (χ4v) is 2.54. The van der Waals surface area contributed by atoms with Crippen molar-refractivity contribution in [1.29, 1.82) is 0 Å². The van der Waals surface area contributed by atoms with E-state index in [1.807, 2.05) is 12.1 Å². The third-order valence-electron chi connectivity index (χ3n) is 3.30. The zero-order chi connectivity index (χ0) is 17.4. The van der Waals surface area contributed by atoms with Gasteiger partial charge in [0.05, 0.1) is 20.8 Å². The lowest BCUT2D eigenvalue weighted by molar-refractivity contribution is 0.138. The number of thioether (sulfide) groups is 1. The molecule has 0 aliphatic heterocycles. The largest absolute Gasteiger partial charge is 0.497 e. The molecule has 2 rings (SSSR count). The molecule has 0 amide bonds. The first kappa shape index (κ1) is 18.6. The highest BCUT2D eigenvalue weighted by Crippen LogP contribution is 2.30. The topological polar surface area (TPSA) is 66.6 Å². The van der Waals surface area contributed by atoms with Crippen LogP contribution >= 0.6 is 11.8 Å². The minimum absolute atomic E-state index is 0.440. The molecule has 0 radical (unpaired) electrons. The van der Waals surface area contributed by atoms with E-state index in [0.717, 1.165) is 24.3 Å². The van der Waals surface area contributed by atoms with Crippen LogP contribution in [-0.4, -0.2) is 43.4 Å². The molecule has 0 unspecified atom stereocenters. The van der Waals surface area contributed by atoms with Crippen LogP contribution in [0.25, 0.3) is 11.5 Å². The lowest BCUT2D eigenvalue weighted by Crippen LogP contribution is -2.02. The highest BCUT2D eigenvalue weighted by molar-refractivity contribution is 7.99. The van der Waals surface area contributed by atoms with Gasteiger partial charge < -0.3 is 18.6 Å². The first-order valence-corrected chi connectivity index (χ1v) is 8.88. The molecule has 2 aromatic rings. The Morgan fingerprint density at radius 1 is 1.04 bits per heavy atom. The first-order valence-electron chi connectivity index (χ1n) is 7.90. The van der Waals surface area contributed by atoms with Crippen molar-refractivity contribution in [2.24, 2.45) is 5.92 Å². The van der Waals surface area contributed by atoms with E-state index in [4.69, 9.17) is 18.6 Å². The van der Waals surface area contributed by atoms with E-state index in [1.165, 1.54) is 11.8 Å². The van der Waals surface area contributed by atoms with Crippen molar-refractivity contribution in [3.05, 3.63) is 18.2 Å². The number of methoxy groups -OCH3 is 2. The monoisotopic (exact) mass is 352 g/mol. The van der Waals surface area contributed by atoms with Crippen molar-refractivity contribution in [3.63, 3.8) is 0 Å². The van der Waals surface area contributed by atoms with Gasteiger partial charge in [0.25, 0.3) is 5.22 Å². The first-order chi connectivity index (χ1) is 11.6. The summed E-state index contributed by atoms with van der Waals surface area (Å²) in [4.78, 5) is 0. The Morgan fingerprint density at radius 3 is 2.38 bits per heavy atom. The van der Waals surface area contributed by atoms with Crippen LogP contribution in [0.3, 0.4) is 0 Å². The Hall–Kier alpha value is -1.73. The van der Waals surface area contributed by atoms with Crippen LogP contribution in [0.2, 0.25) is 0 Å². The molecule has 0 aliphatic carbocycles. The van der Waals surface area contributed by atoms with Crippen LogP contribution in [0.1, 0.15) is 20.3 Å². The van der Waals surface area contributed by atoms with Gasteiger partial charge in [0.1, 0.15) is 11.5 Å². The summed E-state index contributed by atoms with van der Waals surface area (Å²) in [5.41, 5.74) is 0.763. The number of nitrogens with zero attached hydrogens (tertiary/aromatic N) is 2. The average molecular weight is 352 g/mol. The molecule has 0 spiro atoms. The van der Waals surface area contributed by atoms with Crippen molar-refractivity contribution in [2.75, 3.05) is 33.2 Å². The molecule has 0 saturated carbocycles. The van der Waals surface area contributed by atoms with E-state index in [-0.39, 0.29) is 0 Å². The predicted octanol–water partition coefficient (Wildman–Crippen LogP) is 3.91.